The van der Waals surface area contributed by atoms with Gasteiger partial charge in [0.1, 0.15) is 0 Å². The predicted molar refractivity (Wildman–Crippen MR) is 113 cm³/mol. The van der Waals surface area contributed by atoms with Gasteiger partial charge in [0, 0.05) is 34.3 Å². The highest BCUT2D eigenvalue weighted by molar-refractivity contribution is 6.36. The molecule has 0 radical (unpaired) electrons. The van der Waals surface area contributed by atoms with Crippen molar-refractivity contribution in [2.45, 2.75) is 25.7 Å². The van der Waals surface area contributed by atoms with Gasteiger partial charge in [-0.3, -0.25) is 9.59 Å². The summed E-state index contributed by atoms with van der Waals surface area (Å²) < 4.78 is 0. The smallest absolute Gasteiger partial charge is 0.303 e. The number of benzene rings is 3. The molecule has 0 atom stereocenters. The molecule has 0 saturated carbocycles. The van der Waals surface area contributed by atoms with E-state index in [-0.39, 0.29) is 12.3 Å². The average molecular weight is 396 g/mol. The van der Waals surface area contributed by atoms with Gasteiger partial charge in [-0.2, -0.15) is 0 Å². The molecule has 3 aromatic rings. The van der Waals surface area contributed by atoms with Crippen LogP contribution in [0, 0.1) is 0 Å². The van der Waals surface area contributed by atoms with Crippen molar-refractivity contribution in [3.8, 4) is 0 Å². The van der Waals surface area contributed by atoms with Crippen LogP contribution in [0.15, 0.2) is 66.7 Å². The molecule has 0 heterocycles. The van der Waals surface area contributed by atoms with E-state index in [2.05, 4.69) is 0 Å². The van der Waals surface area contributed by atoms with Gasteiger partial charge in [0.05, 0.1) is 5.69 Å². The summed E-state index contributed by atoms with van der Waals surface area (Å²) >= 11 is 6.35. The Bertz CT molecular complexity index is 972. The van der Waals surface area contributed by atoms with E-state index in [1.54, 1.807) is 17.0 Å². The van der Waals surface area contributed by atoms with Crippen molar-refractivity contribution in [2.24, 2.45) is 0 Å². The number of rotatable bonds is 8. The van der Waals surface area contributed by atoms with Crippen molar-refractivity contribution in [1.29, 1.82) is 0 Å². The van der Waals surface area contributed by atoms with Crippen molar-refractivity contribution < 1.29 is 14.7 Å². The number of hydrogen-bond donors (Lipinski definition) is 1. The topological polar surface area (TPSA) is 57.6 Å². The zero-order valence-electron chi connectivity index (χ0n) is 15.5. The van der Waals surface area contributed by atoms with Gasteiger partial charge in [-0.25, -0.2) is 0 Å². The van der Waals surface area contributed by atoms with Gasteiger partial charge in [0.15, 0.2) is 0 Å². The molecule has 1 N–H and O–H groups in total. The summed E-state index contributed by atoms with van der Waals surface area (Å²) in [7, 11) is 0. The molecule has 0 bridgehead atoms. The average Bonchev–Trinajstić information content (AvgIpc) is 2.72. The van der Waals surface area contributed by atoms with Crippen LogP contribution in [-0.2, 0) is 4.79 Å². The fourth-order valence-corrected chi connectivity index (χ4v) is 3.50. The molecule has 4 nitrogen and oxygen atoms in total. The second kappa shape index (κ2) is 9.38. The molecule has 3 rings (SSSR count). The standard InChI is InChI=1S/C23H22ClNO3/c24-20-14-15-21(19-12-7-6-11-18(19)20)25(16-8-2-5-13-22(26)27)23(28)17-9-3-1-4-10-17/h1,3-4,6-7,9-12,14-15H,2,5,8,13,16H2,(H,26,27). The van der Waals surface area contributed by atoms with Crippen LogP contribution in [0.25, 0.3) is 10.8 Å². The van der Waals surface area contributed by atoms with Crippen molar-refractivity contribution >= 4 is 39.9 Å². The number of carboxylic acids is 1. The third kappa shape index (κ3) is 4.70. The fraction of sp³-hybridized carbons (Fsp3) is 0.217. The highest BCUT2D eigenvalue weighted by atomic mass is 35.5. The van der Waals surface area contributed by atoms with Crippen LogP contribution in [0.3, 0.4) is 0 Å². The third-order valence-electron chi connectivity index (χ3n) is 4.68. The Morgan fingerprint density at radius 3 is 2.21 bits per heavy atom. The molecule has 0 aliphatic heterocycles. The molecule has 0 aromatic heterocycles. The Labute approximate surface area is 169 Å². The zero-order chi connectivity index (χ0) is 19.9. The molecular weight excluding hydrogens is 374 g/mol. The Morgan fingerprint density at radius 2 is 1.50 bits per heavy atom. The van der Waals surface area contributed by atoms with Crippen LogP contribution in [0.4, 0.5) is 5.69 Å². The maximum Gasteiger partial charge on any atom is 0.303 e. The summed E-state index contributed by atoms with van der Waals surface area (Å²) in [5.41, 5.74) is 1.43. The highest BCUT2D eigenvalue weighted by Gasteiger charge is 2.20. The number of nitrogens with zero attached hydrogens (tertiary/aromatic N) is 1. The number of hydrogen-bond acceptors (Lipinski definition) is 2. The Hall–Kier alpha value is -2.85. The maximum absolute atomic E-state index is 13.2. The monoisotopic (exact) mass is 395 g/mol. The van der Waals surface area contributed by atoms with Crippen molar-refractivity contribution in [3.05, 3.63) is 77.3 Å². The van der Waals surface area contributed by atoms with Crippen molar-refractivity contribution in [3.63, 3.8) is 0 Å². The predicted octanol–water partition coefficient (Wildman–Crippen LogP) is 5.79. The summed E-state index contributed by atoms with van der Waals surface area (Å²) in [5.74, 6) is -0.868. The molecule has 0 spiro atoms. The van der Waals surface area contributed by atoms with Gasteiger partial charge in [-0.15, -0.1) is 0 Å². The quantitative estimate of drug-likeness (QED) is 0.491. The molecule has 0 aliphatic rings. The van der Waals surface area contributed by atoms with Crippen molar-refractivity contribution in [2.75, 3.05) is 11.4 Å². The molecule has 28 heavy (non-hydrogen) atoms. The van der Waals surface area contributed by atoms with E-state index >= 15 is 0 Å². The van der Waals surface area contributed by atoms with Crippen LogP contribution >= 0.6 is 11.6 Å². The summed E-state index contributed by atoms with van der Waals surface area (Å²) in [4.78, 5) is 25.7. The largest absolute Gasteiger partial charge is 0.481 e. The molecule has 0 saturated heterocycles. The Kier molecular flexibility index (Phi) is 6.66. The van der Waals surface area contributed by atoms with Gasteiger partial charge in [-0.1, -0.05) is 60.5 Å². The lowest BCUT2D eigenvalue weighted by atomic mass is 10.1. The minimum atomic E-state index is -0.791. The zero-order valence-corrected chi connectivity index (χ0v) is 16.2. The van der Waals surface area contributed by atoms with Gasteiger partial charge in [0.2, 0.25) is 0 Å². The van der Waals surface area contributed by atoms with E-state index in [0.717, 1.165) is 29.3 Å². The Morgan fingerprint density at radius 1 is 0.821 bits per heavy atom. The number of anilines is 1. The highest BCUT2D eigenvalue weighted by Crippen LogP contribution is 2.33. The summed E-state index contributed by atoms with van der Waals surface area (Å²) in [5, 5.41) is 11.3. The number of carboxylic acid groups (broad SMARTS) is 1. The molecule has 0 fully saturated rings. The van der Waals surface area contributed by atoms with Gasteiger partial charge < -0.3 is 10.0 Å². The molecule has 0 aliphatic carbocycles. The van der Waals surface area contributed by atoms with E-state index < -0.39 is 5.97 Å². The van der Waals surface area contributed by atoms with Crippen LogP contribution in [0.2, 0.25) is 5.02 Å². The third-order valence-corrected chi connectivity index (χ3v) is 5.01. The first kappa shape index (κ1) is 19.9. The number of carbonyl (C=O) groups excluding carboxylic acids is 1. The molecule has 3 aromatic carbocycles. The summed E-state index contributed by atoms with van der Waals surface area (Å²) in [6.45, 7) is 0.513. The lowest BCUT2D eigenvalue weighted by Crippen LogP contribution is -2.32. The van der Waals surface area contributed by atoms with Gasteiger partial charge in [-0.05, 0) is 37.1 Å². The van der Waals surface area contributed by atoms with Gasteiger partial charge in [0.25, 0.3) is 5.91 Å². The molecule has 5 heteroatoms. The normalized spacial score (nSPS) is 10.8. The SMILES string of the molecule is O=C(O)CCCCCN(C(=O)c1ccccc1)c1ccc(Cl)c2ccccc12. The number of halogens is 1. The first-order chi connectivity index (χ1) is 13.6. The first-order valence-corrected chi connectivity index (χ1v) is 9.71. The number of fused-ring (bicyclic) bond motifs is 1. The molecule has 0 unspecified atom stereocenters. The minimum Gasteiger partial charge on any atom is -0.481 e. The van der Waals surface area contributed by atoms with E-state index in [9.17, 15) is 9.59 Å². The maximum atomic E-state index is 13.2. The second-order valence-electron chi connectivity index (χ2n) is 6.64. The van der Waals surface area contributed by atoms with Crippen LogP contribution < -0.4 is 4.90 Å². The van der Waals surface area contributed by atoms with E-state index in [1.165, 1.54) is 0 Å². The Balaban J connectivity index is 1.91. The van der Waals surface area contributed by atoms with Crippen LogP contribution in [-0.4, -0.2) is 23.5 Å². The van der Waals surface area contributed by atoms with E-state index in [0.29, 0.717) is 23.6 Å². The first-order valence-electron chi connectivity index (χ1n) is 9.34. The lowest BCUT2D eigenvalue weighted by molar-refractivity contribution is -0.137. The van der Waals surface area contributed by atoms with Crippen molar-refractivity contribution in [1.82, 2.24) is 0 Å². The van der Waals surface area contributed by atoms with Crippen LogP contribution in [0.5, 0.6) is 0 Å². The number of unbranched alkanes of at least 4 members (excludes halogenated alkanes) is 2. The fourth-order valence-electron chi connectivity index (χ4n) is 3.27. The lowest BCUT2D eigenvalue weighted by Gasteiger charge is -2.25. The molecule has 144 valence electrons. The molecule has 1 amide bonds. The van der Waals surface area contributed by atoms with Gasteiger partial charge >= 0.3 is 5.97 Å². The summed E-state index contributed by atoms with van der Waals surface area (Å²) in [6.07, 6.45) is 2.22. The number of amides is 1. The van der Waals surface area contributed by atoms with E-state index in [1.807, 2.05) is 54.6 Å². The number of aliphatic carboxylic acids is 1. The minimum absolute atomic E-state index is 0.0775. The van der Waals surface area contributed by atoms with Crippen LogP contribution in [0.1, 0.15) is 36.0 Å². The second-order valence-corrected chi connectivity index (χ2v) is 7.05. The molecular formula is C23H22ClNO3. The number of carbonyl (C=O) groups is 2. The van der Waals surface area contributed by atoms with E-state index in [4.69, 9.17) is 16.7 Å². The summed E-state index contributed by atoms with van der Waals surface area (Å²) in [6, 6.07) is 20.6.